The molecule has 5 heteroatoms. The van der Waals surface area contributed by atoms with E-state index in [4.69, 9.17) is 9.47 Å². The van der Waals surface area contributed by atoms with Crippen molar-refractivity contribution in [3.05, 3.63) is 35.9 Å². The smallest absolute Gasteiger partial charge is 0.323 e. The summed E-state index contributed by atoms with van der Waals surface area (Å²) in [5, 5.41) is 2.93. The Bertz CT molecular complexity index is 479. The Hall–Kier alpha value is -1.88. The molecule has 1 unspecified atom stereocenters. The molecule has 5 nitrogen and oxygen atoms in total. The van der Waals surface area contributed by atoms with Gasteiger partial charge < -0.3 is 9.47 Å². The lowest BCUT2D eigenvalue weighted by molar-refractivity contribution is -0.154. The topological polar surface area (TPSA) is 64.6 Å². The van der Waals surface area contributed by atoms with Crippen LogP contribution in [0.5, 0.6) is 0 Å². The fourth-order valence-electron chi connectivity index (χ4n) is 1.92. The summed E-state index contributed by atoms with van der Waals surface area (Å²) >= 11 is 0. The molecule has 1 rings (SSSR count). The van der Waals surface area contributed by atoms with Crippen molar-refractivity contribution in [2.75, 3.05) is 13.2 Å². The first-order valence-electron chi connectivity index (χ1n) is 7.47. The first kappa shape index (κ1) is 18.2. The van der Waals surface area contributed by atoms with Gasteiger partial charge in [0.25, 0.3) is 0 Å². The van der Waals surface area contributed by atoms with Gasteiger partial charge in [-0.05, 0) is 39.7 Å². The molecule has 0 fully saturated rings. The summed E-state index contributed by atoms with van der Waals surface area (Å²) < 4.78 is 10.3. The highest BCUT2D eigenvalue weighted by atomic mass is 16.6. The molecule has 0 saturated carbocycles. The lowest BCUT2D eigenvalue weighted by Crippen LogP contribution is -2.43. The van der Waals surface area contributed by atoms with Crippen LogP contribution in [0.25, 0.3) is 0 Å². The summed E-state index contributed by atoms with van der Waals surface area (Å²) in [5.41, 5.74) is 0.453. The molecule has 0 aromatic heterocycles. The van der Waals surface area contributed by atoms with E-state index in [1.807, 2.05) is 30.3 Å². The molecule has 122 valence electrons. The van der Waals surface area contributed by atoms with Crippen LogP contribution in [0.15, 0.2) is 30.3 Å². The fourth-order valence-corrected chi connectivity index (χ4v) is 1.92. The van der Waals surface area contributed by atoms with E-state index in [0.717, 1.165) is 5.56 Å². The van der Waals surface area contributed by atoms with Gasteiger partial charge in [-0.1, -0.05) is 30.3 Å². The van der Waals surface area contributed by atoms with Crippen molar-refractivity contribution in [1.29, 1.82) is 0 Å². The lowest BCUT2D eigenvalue weighted by Gasteiger charge is -2.21. The minimum Gasteiger partial charge on any atom is -0.465 e. The van der Waals surface area contributed by atoms with Gasteiger partial charge >= 0.3 is 11.9 Å². The maximum absolute atomic E-state index is 12.0. The largest absolute Gasteiger partial charge is 0.465 e. The van der Waals surface area contributed by atoms with Gasteiger partial charge in [0.2, 0.25) is 0 Å². The third-order valence-electron chi connectivity index (χ3n) is 2.77. The van der Waals surface area contributed by atoms with Crippen LogP contribution in [0.4, 0.5) is 0 Å². The molecule has 0 aliphatic rings. The van der Waals surface area contributed by atoms with Crippen molar-refractivity contribution >= 4 is 11.9 Å². The summed E-state index contributed by atoms with van der Waals surface area (Å²) in [4.78, 5) is 23.8. The van der Waals surface area contributed by atoms with Crippen LogP contribution in [0.2, 0.25) is 0 Å². The van der Waals surface area contributed by atoms with E-state index < -0.39 is 17.6 Å². The summed E-state index contributed by atoms with van der Waals surface area (Å²) in [5.74, 6) is -0.759. The molecule has 1 aromatic rings. The Morgan fingerprint density at radius 2 is 1.82 bits per heavy atom. The van der Waals surface area contributed by atoms with E-state index in [2.05, 4.69) is 5.32 Å². The molecule has 0 bridgehead atoms. The minimum atomic E-state index is -0.574. The SMILES string of the molecule is CCOC(=O)C(Cc1ccccc1)NCC(=O)OC(C)(C)C. The first-order chi connectivity index (χ1) is 10.3. The van der Waals surface area contributed by atoms with Crippen LogP contribution in [0.1, 0.15) is 33.3 Å². The van der Waals surface area contributed by atoms with Crippen LogP contribution in [0, 0.1) is 0 Å². The third-order valence-corrected chi connectivity index (χ3v) is 2.77. The van der Waals surface area contributed by atoms with Crippen LogP contribution < -0.4 is 5.32 Å². The Morgan fingerprint density at radius 1 is 1.18 bits per heavy atom. The molecule has 0 spiro atoms. The molecule has 1 atom stereocenters. The van der Waals surface area contributed by atoms with Gasteiger partial charge in [-0.25, -0.2) is 0 Å². The lowest BCUT2D eigenvalue weighted by atomic mass is 10.1. The highest BCUT2D eigenvalue weighted by Crippen LogP contribution is 2.08. The number of ether oxygens (including phenoxy) is 2. The maximum atomic E-state index is 12.0. The molecule has 0 aliphatic heterocycles. The molecule has 0 heterocycles. The zero-order chi connectivity index (χ0) is 16.6. The molecule has 0 radical (unpaired) electrons. The van der Waals surface area contributed by atoms with E-state index in [9.17, 15) is 9.59 Å². The van der Waals surface area contributed by atoms with Crippen molar-refractivity contribution in [3.8, 4) is 0 Å². The molecule has 22 heavy (non-hydrogen) atoms. The van der Waals surface area contributed by atoms with Crippen LogP contribution >= 0.6 is 0 Å². The fraction of sp³-hybridized carbons (Fsp3) is 0.529. The number of rotatable bonds is 7. The summed E-state index contributed by atoms with van der Waals surface area (Å²) in [6.07, 6.45) is 0.461. The van der Waals surface area contributed by atoms with Crippen molar-refractivity contribution in [2.45, 2.75) is 45.8 Å². The van der Waals surface area contributed by atoms with Gasteiger partial charge in [-0.2, -0.15) is 0 Å². The predicted octanol–water partition coefficient (Wildman–Crippen LogP) is 2.09. The minimum absolute atomic E-state index is 0.0341. The standard InChI is InChI=1S/C17H25NO4/c1-5-21-16(20)14(11-13-9-7-6-8-10-13)18-12-15(19)22-17(2,3)4/h6-10,14,18H,5,11-12H2,1-4H3. The molecule has 0 saturated heterocycles. The Morgan fingerprint density at radius 3 is 2.36 bits per heavy atom. The summed E-state index contributed by atoms with van der Waals surface area (Å²) in [6.45, 7) is 7.43. The number of hydrogen-bond acceptors (Lipinski definition) is 5. The molecule has 1 N–H and O–H groups in total. The second-order valence-corrected chi connectivity index (χ2v) is 5.96. The zero-order valence-corrected chi connectivity index (χ0v) is 13.7. The van der Waals surface area contributed by atoms with Gasteiger partial charge in [0.15, 0.2) is 0 Å². The second-order valence-electron chi connectivity index (χ2n) is 5.96. The van der Waals surface area contributed by atoms with Gasteiger partial charge in [0.1, 0.15) is 11.6 Å². The molecular formula is C17H25NO4. The number of nitrogens with one attached hydrogen (secondary N) is 1. The Balaban J connectivity index is 2.62. The average Bonchev–Trinajstić information content (AvgIpc) is 2.43. The first-order valence-corrected chi connectivity index (χ1v) is 7.47. The third kappa shape index (κ3) is 7.22. The van der Waals surface area contributed by atoms with Gasteiger partial charge in [-0.15, -0.1) is 0 Å². The predicted molar refractivity (Wildman–Crippen MR) is 84.4 cm³/mol. The maximum Gasteiger partial charge on any atom is 0.323 e. The number of carbonyl (C=O) groups is 2. The Kier molecular flexibility index (Phi) is 7.05. The van der Waals surface area contributed by atoms with Crippen LogP contribution in [-0.2, 0) is 25.5 Å². The summed E-state index contributed by atoms with van der Waals surface area (Å²) in [6, 6.07) is 9.02. The van der Waals surface area contributed by atoms with E-state index in [1.165, 1.54) is 0 Å². The van der Waals surface area contributed by atoms with Gasteiger partial charge in [0, 0.05) is 0 Å². The van der Waals surface area contributed by atoms with Crippen LogP contribution in [-0.4, -0.2) is 36.7 Å². The average molecular weight is 307 g/mol. The van der Waals surface area contributed by atoms with Crippen molar-refractivity contribution in [3.63, 3.8) is 0 Å². The normalized spacial score (nSPS) is 12.5. The molecular weight excluding hydrogens is 282 g/mol. The van der Waals surface area contributed by atoms with E-state index in [-0.39, 0.29) is 12.5 Å². The van der Waals surface area contributed by atoms with E-state index in [1.54, 1.807) is 27.7 Å². The second kappa shape index (κ2) is 8.54. The molecule has 1 aromatic carbocycles. The number of benzene rings is 1. The van der Waals surface area contributed by atoms with Gasteiger partial charge in [-0.3, -0.25) is 14.9 Å². The number of esters is 2. The molecule has 0 aliphatic carbocycles. The van der Waals surface area contributed by atoms with Crippen molar-refractivity contribution in [1.82, 2.24) is 5.32 Å². The quantitative estimate of drug-likeness (QED) is 0.782. The number of hydrogen-bond donors (Lipinski definition) is 1. The van der Waals surface area contributed by atoms with Gasteiger partial charge in [0.05, 0.1) is 13.2 Å². The highest BCUT2D eigenvalue weighted by Gasteiger charge is 2.22. The van der Waals surface area contributed by atoms with Crippen molar-refractivity contribution < 1.29 is 19.1 Å². The van der Waals surface area contributed by atoms with Crippen molar-refractivity contribution in [2.24, 2.45) is 0 Å². The summed E-state index contributed by atoms with van der Waals surface area (Å²) in [7, 11) is 0. The van der Waals surface area contributed by atoms with Crippen LogP contribution in [0.3, 0.4) is 0 Å². The number of carbonyl (C=O) groups excluding carboxylic acids is 2. The van der Waals surface area contributed by atoms with E-state index in [0.29, 0.717) is 13.0 Å². The Labute approximate surface area is 132 Å². The highest BCUT2D eigenvalue weighted by molar-refractivity contribution is 5.78. The monoisotopic (exact) mass is 307 g/mol. The molecule has 0 amide bonds. The zero-order valence-electron chi connectivity index (χ0n) is 13.7. The van der Waals surface area contributed by atoms with E-state index >= 15 is 0 Å².